The lowest BCUT2D eigenvalue weighted by molar-refractivity contribution is 0.100. The first kappa shape index (κ1) is 20.1. The molecule has 3 heterocycles. The number of nitrogens with two attached hydrogens (primary N) is 1. The van der Waals surface area contributed by atoms with Crippen molar-refractivity contribution in [2.45, 2.75) is 40.0 Å². The molecule has 0 aliphatic carbocycles. The minimum Gasteiger partial charge on any atom is -0.475 e. The number of ether oxygens (including phenoxy) is 1. The van der Waals surface area contributed by atoms with Crippen molar-refractivity contribution >= 4 is 23.4 Å². The Morgan fingerprint density at radius 3 is 2.83 bits per heavy atom. The van der Waals surface area contributed by atoms with Crippen LogP contribution in [0, 0.1) is 0 Å². The normalized spacial score (nSPS) is 10.8. The number of anilines is 3. The second-order valence-electron chi connectivity index (χ2n) is 6.52. The molecule has 29 heavy (non-hydrogen) atoms. The van der Waals surface area contributed by atoms with Gasteiger partial charge in [-0.3, -0.25) is 9.48 Å². The van der Waals surface area contributed by atoms with Crippen LogP contribution in [0.1, 0.15) is 36.7 Å². The monoisotopic (exact) mass is 396 g/mol. The smallest absolute Gasteiger partial charge is 0.254 e. The zero-order chi connectivity index (χ0) is 20.8. The topological polar surface area (TPSA) is 133 Å². The van der Waals surface area contributed by atoms with E-state index in [2.05, 4.69) is 30.7 Å². The summed E-state index contributed by atoms with van der Waals surface area (Å²) in [5.74, 6) is 0.535. The zero-order valence-electron chi connectivity index (χ0n) is 16.6. The maximum absolute atomic E-state index is 11.8. The molecule has 4 N–H and O–H groups in total. The third-order valence-corrected chi connectivity index (χ3v) is 3.91. The van der Waals surface area contributed by atoms with Crippen molar-refractivity contribution in [3.63, 3.8) is 0 Å². The van der Waals surface area contributed by atoms with E-state index in [1.807, 2.05) is 39.1 Å². The zero-order valence-corrected chi connectivity index (χ0v) is 16.6. The standard InChI is InChI=1S/C19H24N8O2/c1-4-27-11-14(9-24-27)25-19-23-10-15(16(20)28)17(26-19)22-8-13-6-5-7-21-18(13)29-12(2)3/h5-7,9-12H,4,8H2,1-3H3,(H2,20,28)(H2,22,23,25,26). The van der Waals surface area contributed by atoms with Gasteiger partial charge in [-0.25, -0.2) is 9.97 Å². The highest BCUT2D eigenvalue weighted by atomic mass is 16.5. The van der Waals surface area contributed by atoms with Crippen LogP contribution >= 0.6 is 0 Å². The molecule has 0 aromatic carbocycles. The quantitative estimate of drug-likeness (QED) is 0.502. The van der Waals surface area contributed by atoms with Gasteiger partial charge in [0.2, 0.25) is 11.8 Å². The molecule has 3 aromatic rings. The Morgan fingerprint density at radius 1 is 1.31 bits per heavy atom. The van der Waals surface area contributed by atoms with Crippen molar-refractivity contribution in [2.75, 3.05) is 10.6 Å². The number of amides is 1. The molecule has 0 unspecified atom stereocenters. The summed E-state index contributed by atoms with van der Waals surface area (Å²) < 4.78 is 7.51. The predicted octanol–water partition coefficient (Wildman–Crippen LogP) is 2.33. The number of hydrogen-bond donors (Lipinski definition) is 3. The van der Waals surface area contributed by atoms with Gasteiger partial charge in [0.1, 0.15) is 5.82 Å². The average molecular weight is 396 g/mol. The SMILES string of the molecule is CCn1cc(Nc2ncc(C(N)=O)c(NCc3cccnc3OC(C)C)n2)cn1. The highest BCUT2D eigenvalue weighted by Gasteiger charge is 2.14. The summed E-state index contributed by atoms with van der Waals surface area (Å²) >= 11 is 0. The summed E-state index contributed by atoms with van der Waals surface area (Å²) in [5, 5.41) is 10.4. The first-order valence-electron chi connectivity index (χ1n) is 9.27. The van der Waals surface area contributed by atoms with Crippen LogP contribution in [0.5, 0.6) is 5.88 Å². The number of rotatable bonds is 9. The summed E-state index contributed by atoms with van der Waals surface area (Å²) in [5.41, 5.74) is 7.23. The fourth-order valence-electron chi connectivity index (χ4n) is 2.55. The Bertz CT molecular complexity index is 986. The van der Waals surface area contributed by atoms with Gasteiger partial charge in [-0.05, 0) is 26.8 Å². The number of primary amides is 1. The van der Waals surface area contributed by atoms with Crippen LogP contribution in [0.3, 0.4) is 0 Å². The maximum Gasteiger partial charge on any atom is 0.254 e. The molecule has 0 fully saturated rings. The van der Waals surface area contributed by atoms with E-state index < -0.39 is 5.91 Å². The number of carbonyl (C=O) groups is 1. The maximum atomic E-state index is 11.8. The minimum atomic E-state index is -0.623. The van der Waals surface area contributed by atoms with Crippen molar-refractivity contribution in [3.05, 3.63) is 48.0 Å². The van der Waals surface area contributed by atoms with Crippen molar-refractivity contribution in [3.8, 4) is 5.88 Å². The van der Waals surface area contributed by atoms with Crippen molar-refractivity contribution < 1.29 is 9.53 Å². The minimum absolute atomic E-state index is 0.0104. The van der Waals surface area contributed by atoms with Crippen LogP contribution in [0.2, 0.25) is 0 Å². The van der Waals surface area contributed by atoms with Crippen LogP contribution in [0.4, 0.5) is 17.5 Å². The molecule has 0 aliphatic rings. The Balaban J connectivity index is 1.81. The second kappa shape index (κ2) is 9.00. The molecule has 10 nitrogen and oxygen atoms in total. The highest BCUT2D eigenvalue weighted by molar-refractivity contribution is 5.97. The lowest BCUT2D eigenvalue weighted by atomic mass is 10.2. The van der Waals surface area contributed by atoms with Crippen LogP contribution in [0.25, 0.3) is 0 Å². The van der Waals surface area contributed by atoms with Gasteiger partial charge in [-0.1, -0.05) is 6.07 Å². The fourth-order valence-corrected chi connectivity index (χ4v) is 2.55. The number of nitrogens with zero attached hydrogens (tertiary/aromatic N) is 5. The molecule has 0 radical (unpaired) electrons. The summed E-state index contributed by atoms with van der Waals surface area (Å²) in [7, 11) is 0. The highest BCUT2D eigenvalue weighted by Crippen LogP contribution is 2.21. The summed E-state index contributed by atoms with van der Waals surface area (Å²) in [4.78, 5) is 24.6. The summed E-state index contributed by atoms with van der Waals surface area (Å²) in [6, 6.07) is 3.71. The number of nitrogens with one attached hydrogen (secondary N) is 2. The number of pyridine rings is 1. The van der Waals surface area contributed by atoms with Gasteiger partial charge in [-0.15, -0.1) is 0 Å². The van der Waals surface area contributed by atoms with Crippen LogP contribution in [0.15, 0.2) is 36.9 Å². The molecule has 1 amide bonds. The molecule has 152 valence electrons. The predicted molar refractivity (Wildman–Crippen MR) is 109 cm³/mol. The molecule has 0 spiro atoms. The van der Waals surface area contributed by atoms with E-state index in [-0.39, 0.29) is 11.7 Å². The first-order valence-corrected chi connectivity index (χ1v) is 9.27. The molecule has 0 saturated heterocycles. The van der Waals surface area contributed by atoms with E-state index in [4.69, 9.17) is 10.5 Å². The average Bonchev–Trinajstić information content (AvgIpc) is 3.14. The lowest BCUT2D eigenvalue weighted by Crippen LogP contribution is -2.17. The Kier molecular flexibility index (Phi) is 6.22. The molecule has 0 aliphatic heterocycles. The van der Waals surface area contributed by atoms with Crippen molar-refractivity contribution in [1.82, 2.24) is 24.7 Å². The Labute approximate surface area is 168 Å². The van der Waals surface area contributed by atoms with E-state index >= 15 is 0 Å². The van der Waals surface area contributed by atoms with Crippen molar-refractivity contribution in [2.24, 2.45) is 5.73 Å². The Hall–Kier alpha value is -3.69. The summed E-state index contributed by atoms with van der Waals surface area (Å²) in [6.07, 6.45) is 6.55. The fraction of sp³-hybridized carbons (Fsp3) is 0.316. The van der Waals surface area contributed by atoms with E-state index in [0.717, 1.165) is 17.8 Å². The van der Waals surface area contributed by atoms with Crippen LogP contribution < -0.4 is 21.1 Å². The van der Waals surface area contributed by atoms with Gasteiger partial charge in [-0.2, -0.15) is 10.1 Å². The number of aryl methyl sites for hydroxylation is 1. The third kappa shape index (κ3) is 5.18. The molecule has 0 atom stereocenters. The van der Waals surface area contributed by atoms with Crippen molar-refractivity contribution in [1.29, 1.82) is 0 Å². The van der Waals surface area contributed by atoms with Crippen LogP contribution in [-0.4, -0.2) is 36.7 Å². The van der Waals surface area contributed by atoms with E-state index in [1.54, 1.807) is 17.1 Å². The Morgan fingerprint density at radius 2 is 2.14 bits per heavy atom. The molecular formula is C19H24N8O2. The molecule has 10 heteroatoms. The van der Waals surface area contributed by atoms with Crippen LogP contribution in [-0.2, 0) is 13.1 Å². The second-order valence-corrected chi connectivity index (χ2v) is 6.52. The first-order chi connectivity index (χ1) is 14.0. The lowest BCUT2D eigenvalue weighted by Gasteiger charge is -2.14. The van der Waals surface area contributed by atoms with Gasteiger partial charge in [0.05, 0.1) is 23.6 Å². The number of carbonyl (C=O) groups excluding carboxylic acids is 1. The molecule has 3 rings (SSSR count). The van der Waals surface area contributed by atoms with Gasteiger partial charge >= 0.3 is 0 Å². The molecule has 0 bridgehead atoms. The molecule has 3 aromatic heterocycles. The van der Waals surface area contributed by atoms with E-state index in [1.165, 1.54) is 6.20 Å². The largest absolute Gasteiger partial charge is 0.475 e. The van der Waals surface area contributed by atoms with E-state index in [9.17, 15) is 4.79 Å². The van der Waals surface area contributed by atoms with Gasteiger partial charge in [0, 0.05) is 37.2 Å². The van der Waals surface area contributed by atoms with Gasteiger partial charge < -0.3 is 21.1 Å². The van der Waals surface area contributed by atoms with E-state index in [0.29, 0.717) is 24.2 Å². The molecule has 0 saturated carbocycles. The van der Waals surface area contributed by atoms with Gasteiger partial charge in [0.25, 0.3) is 5.91 Å². The third-order valence-electron chi connectivity index (χ3n) is 3.91. The summed E-state index contributed by atoms with van der Waals surface area (Å²) in [6.45, 7) is 6.95. The number of aromatic nitrogens is 5. The number of hydrogen-bond acceptors (Lipinski definition) is 8. The molecular weight excluding hydrogens is 372 g/mol. The van der Waals surface area contributed by atoms with Gasteiger partial charge in [0.15, 0.2) is 0 Å².